The standard InChI is InChI=1S/C7H6F10/c1-3(8,7(15,16)17)5(11,12)6(13,14)4(2,9)10/h1-2H3. The van der Waals surface area contributed by atoms with Crippen molar-refractivity contribution in [1.29, 1.82) is 0 Å². The van der Waals surface area contributed by atoms with Crippen LogP contribution in [0.3, 0.4) is 0 Å². The van der Waals surface area contributed by atoms with Gasteiger partial charge in [-0.2, -0.15) is 39.5 Å². The summed E-state index contributed by atoms with van der Waals surface area (Å²) >= 11 is 0. The normalized spacial score (nSPS) is 19.1. The smallest absolute Gasteiger partial charge is 0.227 e. The molecule has 0 aromatic rings. The van der Waals surface area contributed by atoms with Gasteiger partial charge in [-0.1, -0.05) is 0 Å². The maximum Gasteiger partial charge on any atom is 0.428 e. The molecule has 104 valence electrons. The highest BCUT2D eigenvalue weighted by Gasteiger charge is 2.82. The second-order valence-corrected chi connectivity index (χ2v) is 3.54. The van der Waals surface area contributed by atoms with Crippen molar-refractivity contribution in [3.63, 3.8) is 0 Å². The molecule has 1 unspecified atom stereocenters. The minimum absolute atomic E-state index is 0.729. The Labute approximate surface area is 88.6 Å². The number of hydrogen-bond acceptors (Lipinski definition) is 0. The monoisotopic (exact) mass is 280 g/mol. The van der Waals surface area contributed by atoms with Crippen molar-refractivity contribution in [2.24, 2.45) is 0 Å². The van der Waals surface area contributed by atoms with Gasteiger partial charge < -0.3 is 0 Å². The fraction of sp³-hybridized carbons (Fsp3) is 1.00. The van der Waals surface area contributed by atoms with Crippen molar-refractivity contribution in [3.05, 3.63) is 0 Å². The highest BCUT2D eigenvalue weighted by molar-refractivity contribution is 5.07. The van der Waals surface area contributed by atoms with Crippen molar-refractivity contribution < 1.29 is 43.9 Å². The van der Waals surface area contributed by atoms with E-state index in [0.717, 1.165) is 0 Å². The topological polar surface area (TPSA) is 0 Å². The van der Waals surface area contributed by atoms with E-state index in [9.17, 15) is 43.9 Å². The molecule has 0 saturated carbocycles. The van der Waals surface area contributed by atoms with Crippen LogP contribution in [0, 0.1) is 0 Å². The van der Waals surface area contributed by atoms with Gasteiger partial charge in [0.05, 0.1) is 0 Å². The van der Waals surface area contributed by atoms with Crippen LogP contribution in [0.4, 0.5) is 43.9 Å². The molecule has 0 fully saturated rings. The lowest BCUT2D eigenvalue weighted by Gasteiger charge is -2.38. The fourth-order valence-electron chi connectivity index (χ4n) is 0.749. The zero-order valence-electron chi connectivity index (χ0n) is 8.28. The summed E-state index contributed by atoms with van der Waals surface area (Å²) in [6.07, 6.45) is -6.43. The van der Waals surface area contributed by atoms with Gasteiger partial charge in [-0.25, -0.2) is 4.39 Å². The molecule has 0 heterocycles. The Morgan fingerprint density at radius 2 is 0.824 bits per heavy atom. The van der Waals surface area contributed by atoms with Gasteiger partial charge >= 0.3 is 23.9 Å². The van der Waals surface area contributed by atoms with Crippen molar-refractivity contribution >= 4 is 0 Å². The van der Waals surface area contributed by atoms with E-state index in [0.29, 0.717) is 0 Å². The third-order valence-electron chi connectivity index (χ3n) is 2.07. The fourth-order valence-corrected chi connectivity index (χ4v) is 0.749. The summed E-state index contributed by atoms with van der Waals surface area (Å²) in [4.78, 5) is 0. The van der Waals surface area contributed by atoms with Crippen LogP contribution in [0.2, 0.25) is 0 Å². The molecule has 0 rings (SSSR count). The summed E-state index contributed by atoms with van der Waals surface area (Å²) in [5.41, 5.74) is -5.79. The Hall–Kier alpha value is -0.700. The van der Waals surface area contributed by atoms with Gasteiger partial charge in [-0.3, -0.25) is 0 Å². The number of alkyl halides is 10. The van der Waals surface area contributed by atoms with E-state index in [1.165, 1.54) is 0 Å². The van der Waals surface area contributed by atoms with Gasteiger partial charge in [0.15, 0.2) is 0 Å². The first kappa shape index (κ1) is 16.3. The van der Waals surface area contributed by atoms with E-state index in [2.05, 4.69) is 0 Å². The molecule has 0 radical (unpaired) electrons. The molecular formula is C7H6F10. The van der Waals surface area contributed by atoms with Crippen LogP contribution in [0.1, 0.15) is 13.8 Å². The molecule has 1 atom stereocenters. The molecule has 0 N–H and O–H groups in total. The lowest BCUT2D eigenvalue weighted by Crippen LogP contribution is -2.66. The Balaban J connectivity index is 5.73. The van der Waals surface area contributed by atoms with E-state index in [4.69, 9.17) is 0 Å². The second-order valence-electron chi connectivity index (χ2n) is 3.54. The summed E-state index contributed by atoms with van der Waals surface area (Å²) in [7, 11) is 0. The summed E-state index contributed by atoms with van der Waals surface area (Å²) < 4.78 is 123. The average Bonchev–Trinajstić information content (AvgIpc) is 1.98. The van der Waals surface area contributed by atoms with E-state index < -0.39 is 43.5 Å². The average molecular weight is 280 g/mol. The summed E-state index contributed by atoms with van der Waals surface area (Å²) in [6.45, 7) is -1.65. The van der Waals surface area contributed by atoms with Gasteiger partial charge in [-0.15, -0.1) is 0 Å². The maximum atomic E-state index is 12.7. The molecule has 0 spiro atoms. The molecule has 0 aliphatic carbocycles. The molecule has 0 bridgehead atoms. The van der Waals surface area contributed by atoms with E-state index in [1.54, 1.807) is 0 Å². The number of halogens is 10. The lowest BCUT2D eigenvalue weighted by molar-refractivity contribution is -0.382. The molecule has 0 aliphatic rings. The van der Waals surface area contributed by atoms with Crippen LogP contribution in [-0.4, -0.2) is 29.6 Å². The summed E-state index contributed by atoms with van der Waals surface area (Å²) in [5, 5.41) is 0. The van der Waals surface area contributed by atoms with Gasteiger partial charge in [0.2, 0.25) is 0 Å². The predicted molar refractivity (Wildman–Crippen MR) is 36.1 cm³/mol. The summed E-state index contributed by atoms with van der Waals surface area (Å²) in [5.74, 6) is -18.6. The predicted octanol–water partition coefficient (Wildman–Crippen LogP) is 4.20. The third-order valence-corrected chi connectivity index (χ3v) is 2.07. The number of hydrogen-bond donors (Lipinski definition) is 0. The Morgan fingerprint density at radius 3 is 1.00 bits per heavy atom. The van der Waals surface area contributed by atoms with Crippen LogP contribution in [0.15, 0.2) is 0 Å². The molecule has 10 heteroatoms. The Morgan fingerprint density at radius 1 is 0.529 bits per heavy atom. The minimum Gasteiger partial charge on any atom is -0.227 e. The second kappa shape index (κ2) is 3.64. The zero-order chi connectivity index (χ0) is 14.5. The highest BCUT2D eigenvalue weighted by atomic mass is 19.4. The van der Waals surface area contributed by atoms with Crippen molar-refractivity contribution in [2.45, 2.75) is 43.5 Å². The van der Waals surface area contributed by atoms with Gasteiger partial charge in [0.1, 0.15) is 0 Å². The SMILES string of the molecule is CC(F)(F)C(F)(F)C(F)(F)C(C)(F)C(F)(F)F. The molecule has 17 heavy (non-hydrogen) atoms. The van der Waals surface area contributed by atoms with Crippen LogP contribution >= 0.6 is 0 Å². The van der Waals surface area contributed by atoms with Crippen molar-refractivity contribution in [2.75, 3.05) is 0 Å². The summed E-state index contributed by atoms with van der Waals surface area (Å²) in [6, 6.07) is 0. The van der Waals surface area contributed by atoms with Crippen molar-refractivity contribution in [1.82, 2.24) is 0 Å². The van der Waals surface area contributed by atoms with Crippen molar-refractivity contribution in [3.8, 4) is 0 Å². The first-order chi connectivity index (χ1) is 7.00. The largest absolute Gasteiger partial charge is 0.428 e. The van der Waals surface area contributed by atoms with Crippen LogP contribution < -0.4 is 0 Å². The van der Waals surface area contributed by atoms with Crippen LogP contribution in [-0.2, 0) is 0 Å². The molecular weight excluding hydrogens is 274 g/mol. The molecule has 0 amide bonds. The first-order valence-corrected chi connectivity index (χ1v) is 3.89. The molecule has 0 aromatic carbocycles. The molecule has 0 saturated heterocycles. The van der Waals surface area contributed by atoms with E-state index in [1.807, 2.05) is 0 Å². The van der Waals surface area contributed by atoms with E-state index >= 15 is 0 Å². The minimum atomic E-state index is -6.61. The molecule has 0 nitrogen and oxygen atoms in total. The molecule has 0 aliphatic heterocycles. The Bertz CT molecular complexity index is 252. The third kappa shape index (κ3) is 2.17. The lowest BCUT2D eigenvalue weighted by atomic mass is 9.90. The highest BCUT2D eigenvalue weighted by Crippen LogP contribution is 2.56. The van der Waals surface area contributed by atoms with Crippen LogP contribution in [0.5, 0.6) is 0 Å². The molecule has 0 aromatic heterocycles. The first-order valence-electron chi connectivity index (χ1n) is 3.89. The van der Waals surface area contributed by atoms with E-state index in [-0.39, 0.29) is 0 Å². The van der Waals surface area contributed by atoms with Gasteiger partial charge in [0, 0.05) is 6.92 Å². The quantitative estimate of drug-likeness (QED) is 0.679. The van der Waals surface area contributed by atoms with Crippen LogP contribution in [0.25, 0.3) is 0 Å². The van der Waals surface area contributed by atoms with Gasteiger partial charge in [-0.05, 0) is 6.92 Å². The zero-order valence-corrected chi connectivity index (χ0v) is 8.28. The maximum absolute atomic E-state index is 12.7. The Kier molecular flexibility index (Phi) is 3.49. The number of rotatable bonds is 3. The van der Waals surface area contributed by atoms with Gasteiger partial charge in [0.25, 0.3) is 5.67 Å².